The smallest absolute Gasteiger partial charge is 0.0110 e. The third-order valence-corrected chi connectivity index (χ3v) is 4.53. The van der Waals surface area contributed by atoms with Crippen LogP contribution in [0.5, 0.6) is 0 Å². The number of fused-ring (bicyclic) bond motifs is 1. The largest absolute Gasteiger partial charge is 0.126 e. The SMILES string of the molecule is Cc1ccc2c(c1)C(c1ccccc1)CCS2. The molecule has 17 heavy (non-hydrogen) atoms. The minimum Gasteiger partial charge on any atom is -0.126 e. The fourth-order valence-electron chi connectivity index (χ4n) is 2.55. The summed E-state index contributed by atoms with van der Waals surface area (Å²) in [6, 6.07) is 17.8. The van der Waals surface area contributed by atoms with E-state index in [1.807, 2.05) is 11.8 Å². The number of aryl methyl sites for hydroxylation is 1. The van der Waals surface area contributed by atoms with E-state index in [0.29, 0.717) is 5.92 Å². The Morgan fingerprint density at radius 3 is 2.71 bits per heavy atom. The molecule has 0 nitrogen and oxygen atoms in total. The van der Waals surface area contributed by atoms with Crippen molar-refractivity contribution in [1.82, 2.24) is 0 Å². The number of rotatable bonds is 1. The molecule has 0 amide bonds. The van der Waals surface area contributed by atoms with E-state index in [1.165, 1.54) is 33.8 Å². The minimum atomic E-state index is 0.590. The van der Waals surface area contributed by atoms with Crippen LogP contribution in [0.2, 0.25) is 0 Å². The van der Waals surface area contributed by atoms with E-state index in [9.17, 15) is 0 Å². The molecule has 0 aliphatic carbocycles. The quantitative estimate of drug-likeness (QED) is 0.700. The van der Waals surface area contributed by atoms with Crippen LogP contribution < -0.4 is 0 Å². The van der Waals surface area contributed by atoms with Crippen molar-refractivity contribution in [1.29, 1.82) is 0 Å². The molecule has 0 N–H and O–H groups in total. The lowest BCUT2D eigenvalue weighted by atomic mass is 9.88. The summed E-state index contributed by atoms with van der Waals surface area (Å²) in [5.41, 5.74) is 4.35. The van der Waals surface area contributed by atoms with E-state index in [2.05, 4.69) is 55.5 Å². The van der Waals surface area contributed by atoms with Crippen molar-refractivity contribution >= 4 is 11.8 Å². The zero-order valence-corrected chi connectivity index (χ0v) is 10.8. The lowest BCUT2D eigenvalue weighted by Gasteiger charge is -2.25. The van der Waals surface area contributed by atoms with Crippen molar-refractivity contribution in [3.63, 3.8) is 0 Å². The van der Waals surface area contributed by atoms with Crippen LogP contribution in [0.25, 0.3) is 0 Å². The second kappa shape index (κ2) is 4.58. The van der Waals surface area contributed by atoms with Crippen molar-refractivity contribution in [2.45, 2.75) is 24.2 Å². The fourth-order valence-corrected chi connectivity index (χ4v) is 3.65. The third kappa shape index (κ3) is 2.12. The first-order valence-corrected chi connectivity index (χ1v) is 7.11. The second-order valence-corrected chi connectivity index (χ2v) is 5.78. The summed E-state index contributed by atoms with van der Waals surface area (Å²) in [6.45, 7) is 2.18. The summed E-state index contributed by atoms with van der Waals surface area (Å²) < 4.78 is 0. The van der Waals surface area contributed by atoms with E-state index in [1.54, 1.807) is 0 Å². The van der Waals surface area contributed by atoms with Crippen LogP contribution in [-0.2, 0) is 0 Å². The Morgan fingerprint density at radius 1 is 1.06 bits per heavy atom. The molecule has 1 aliphatic heterocycles. The zero-order valence-electron chi connectivity index (χ0n) is 10.0. The van der Waals surface area contributed by atoms with Gasteiger partial charge in [0.2, 0.25) is 0 Å². The van der Waals surface area contributed by atoms with Crippen LogP contribution in [0.15, 0.2) is 53.4 Å². The summed E-state index contributed by atoms with van der Waals surface area (Å²) >= 11 is 2.00. The van der Waals surface area contributed by atoms with E-state index in [4.69, 9.17) is 0 Å². The van der Waals surface area contributed by atoms with Crippen LogP contribution in [0, 0.1) is 6.92 Å². The van der Waals surface area contributed by atoms with Gasteiger partial charge >= 0.3 is 0 Å². The molecule has 1 atom stereocenters. The number of hydrogen-bond acceptors (Lipinski definition) is 1. The van der Waals surface area contributed by atoms with Crippen molar-refractivity contribution < 1.29 is 0 Å². The topological polar surface area (TPSA) is 0 Å². The van der Waals surface area contributed by atoms with Crippen LogP contribution >= 0.6 is 11.8 Å². The molecule has 0 radical (unpaired) electrons. The first kappa shape index (κ1) is 10.9. The van der Waals surface area contributed by atoms with Crippen LogP contribution in [0.4, 0.5) is 0 Å². The van der Waals surface area contributed by atoms with E-state index in [-0.39, 0.29) is 0 Å². The van der Waals surface area contributed by atoms with Crippen LogP contribution in [0.3, 0.4) is 0 Å². The van der Waals surface area contributed by atoms with E-state index in [0.717, 1.165) is 0 Å². The molecule has 1 aliphatic rings. The predicted molar refractivity (Wildman–Crippen MR) is 74.8 cm³/mol. The lowest BCUT2D eigenvalue weighted by Crippen LogP contribution is -2.09. The fraction of sp³-hybridized carbons (Fsp3) is 0.250. The Balaban J connectivity index is 2.08. The molecule has 0 bridgehead atoms. The van der Waals surface area contributed by atoms with Gasteiger partial charge in [-0.1, -0.05) is 48.0 Å². The average molecular weight is 240 g/mol. The van der Waals surface area contributed by atoms with Gasteiger partial charge in [-0.25, -0.2) is 0 Å². The molecule has 0 saturated carbocycles. The van der Waals surface area contributed by atoms with Crippen molar-refractivity contribution in [2.75, 3.05) is 5.75 Å². The first-order valence-electron chi connectivity index (χ1n) is 6.13. The van der Waals surface area contributed by atoms with Crippen molar-refractivity contribution in [3.8, 4) is 0 Å². The molecule has 0 fully saturated rings. The number of thioether (sulfide) groups is 1. The van der Waals surface area contributed by atoms with E-state index >= 15 is 0 Å². The van der Waals surface area contributed by atoms with Gasteiger partial charge in [0.05, 0.1) is 0 Å². The molecule has 3 rings (SSSR count). The second-order valence-electron chi connectivity index (χ2n) is 4.64. The minimum absolute atomic E-state index is 0.590. The highest BCUT2D eigenvalue weighted by molar-refractivity contribution is 7.99. The summed E-state index contributed by atoms with van der Waals surface area (Å²) in [7, 11) is 0. The maximum Gasteiger partial charge on any atom is 0.0110 e. The summed E-state index contributed by atoms with van der Waals surface area (Å²) in [4.78, 5) is 1.47. The Bertz CT molecular complexity index is 516. The molecule has 2 aromatic carbocycles. The van der Waals surface area contributed by atoms with Gasteiger partial charge in [0.1, 0.15) is 0 Å². The van der Waals surface area contributed by atoms with Gasteiger partial charge in [-0.3, -0.25) is 0 Å². The summed E-state index contributed by atoms with van der Waals surface area (Å²) in [5, 5.41) is 0. The molecular formula is C16H16S. The van der Waals surface area contributed by atoms with Gasteiger partial charge in [0, 0.05) is 10.8 Å². The highest BCUT2D eigenvalue weighted by Gasteiger charge is 2.21. The molecule has 1 heterocycles. The molecule has 0 aromatic heterocycles. The Morgan fingerprint density at radius 2 is 1.88 bits per heavy atom. The van der Waals surface area contributed by atoms with Gasteiger partial charge in [-0.05, 0) is 36.3 Å². The highest BCUT2D eigenvalue weighted by Crippen LogP contribution is 2.41. The number of hydrogen-bond donors (Lipinski definition) is 0. The molecule has 0 saturated heterocycles. The molecule has 0 spiro atoms. The molecule has 86 valence electrons. The monoisotopic (exact) mass is 240 g/mol. The number of benzene rings is 2. The summed E-state index contributed by atoms with van der Waals surface area (Å²) in [5.74, 6) is 1.82. The van der Waals surface area contributed by atoms with Crippen LogP contribution in [-0.4, -0.2) is 5.75 Å². The van der Waals surface area contributed by atoms with Crippen molar-refractivity contribution in [3.05, 3.63) is 65.2 Å². The molecule has 2 aromatic rings. The maximum atomic E-state index is 2.36. The van der Waals surface area contributed by atoms with Crippen LogP contribution in [0.1, 0.15) is 29.0 Å². The Hall–Kier alpha value is -1.21. The highest BCUT2D eigenvalue weighted by atomic mass is 32.2. The third-order valence-electron chi connectivity index (χ3n) is 3.41. The maximum absolute atomic E-state index is 2.36. The molecular weight excluding hydrogens is 224 g/mol. The lowest BCUT2D eigenvalue weighted by molar-refractivity contribution is 0.754. The zero-order chi connectivity index (χ0) is 11.7. The predicted octanol–water partition coefficient (Wildman–Crippen LogP) is 4.62. The first-order chi connectivity index (χ1) is 8.34. The van der Waals surface area contributed by atoms with Gasteiger partial charge in [0.25, 0.3) is 0 Å². The van der Waals surface area contributed by atoms with E-state index < -0.39 is 0 Å². The Kier molecular flexibility index (Phi) is 2.94. The van der Waals surface area contributed by atoms with Gasteiger partial charge in [0.15, 0.2) is 0 Å². The molecule has 1 heteroatoms. The Labute approximate surface area is 107 Å². The summed E-state index contributed by atoms with van der Waals surface area (Å²) in [6.07, 6.45) is 1.26. The van der Waals surface area contributed by atoms with Crippen molar-refractivity contribution in [2.24, 2.45) is 0 Å². The standard InChI is InChI=1S/C16H16S/c1-12-7-8-16-15(11-12)14(9-10-17-16)13-5-3-2-4-6-13/h2-8,11,14H,9-10H2,1H3. The normalized spacial score (nSPS) is 18.8. The van der Waals surface area contributed by atoms with Gasteiger partial charge in [-0.2, -0.15) is 0 Å². The molecule has 1 unspecified atom stereocenters. The van der Waals surface area contributed by atoms with Gasteiger partial charge < -0.3 is 0 Å². The average Bonchev–Trinajstić information content (AvgIpc) is 2.39. The van der Waals surface area contributed by atoms with Gasteiger partial charge in [-0.15, -0.1) is 11.8 Å².